The normalized spacial score (nSPS) is 11.3. The van der Waals surface area contributed by atoms with Crippen LogP contribution in [0.1, 0.15) is 47.2 Å². The van der Waals surface area contributed by atoms with Crippen molar-refractivity contribution >= 4 is 33.7 Å². The predicted octanol–water partition coefficient (Wildman–Crippen LogP) is 4.53. The van der Waals surface area contributed by atoms with E-state index in [2.05, 4.69) is 32.5 Å². The molecule has 12 nitrogen and oxygen atoms in total. The number of unbranched alkanes of at least 4 members (excludes halogenated alkanes) is 1. The van der Waals surface area contributed by atoms with E-state index in [0.717, 1.165) is 34.5 Å². The lowest BCUT2D eigenvalue weighted by Crippen LogP contribution is -2.39. The largest absolute Gasteiger partial charge is 0.333 e. The molecular formula is C31H32N8O4S2. The number of sulfonamides is 1. The molecule has 0 atom stereocenters. The van der Waals surface area contributed by atoms with Crippen molar-refractivity contribution in [2.24, 2.45) is 0 Å². The van der Waals surface area contributed by atoms with Crippen LogP contribution >= 0.6 is 11.8 Å². The second kappa shape index (κ2) is 14.3. The monoisotopic (exact) mass is 644 g/mol. The molecule has 0 saturated heterocycles. The van der Waals surface area contributed by atoms with Gasteiger partial charge >= 0.3 is 11.9 Å². The highest BCUT2D eigenvalue weighted by atomic mass is 32.2. The number of carbonyl (C=O) groups excluding carboxylic acids is 2. The van der Waals surface area contributed by atoms with Gasteiger partial charge in [-0.15, -0.1) is 16.9 Å². The fourth-order valence-electron chi connectivity index (χ4n) is 4.79. The van der Waals surface area contributed by atoms with Crippen LogP contribution in [-0.2, 0) is 29.5 Å². The summed E-state index contributed by atoms with van der Waals surface area (Å²) in [5, 5.41) is 14.2. The maximum Gasteiger partial charge on any atom is 0.328 e. The van der Waals surface area contributed by atoms with Crippen LogP contribution in [-0.4, -0.2) is 56.4 Å². The summed E-state index contributed by atoms with van der Waals surface area (Å²) in [6.07, 6.45) is 5.71. The number of carbonyl (C=O) groups is 2. The molecule has 0 aliphatic heterocycles. The molecule has 2 N–H and O–H groups in total. The number of tetrazole rings is 1. The molecule has 5 rings (SSSR count). The van der Waals surface area contributed by atoms with Crippen LogP contribution in [0.4, 0.5) is 4.79 Å². The van der Waals surface area contributed by atoms with E-state index in [1.54, 1.807) is 18.2 Å². The van der Waals surface area contributed by atoms with E-state index in [0.29, 0.717) is 34.8 Å². The first-order valence-electron chi connectivity index (χ1n) is 14.2. The van der Waals surface area contributed by atoms with Crippen LogP contribution in [0, 0.1) is 0 Å². The van der Waals surface area contributed by atoms with Gasteiger partial charge in [0.05, 0.1) is 4.90 Å². The van der Waals surface area contributed by atoms with Gasteiger partial charge in [-0.1, -0.05) is 86.1 Å². The number of thioether (sulfide) groups is 1. The number of nitrogens with one attached hydrogen (secondary N) is 2. The summed E-state index contributed by atoms with van der Waals surface area (Å²) in [5.41, 5.74) is 3.22. The van der Waals surface area contributed by atoms with E-state index < -0.39 is 16.1 Å². The van der Waals surface area contributed by atoms with E-state index in [9.17, 15) is 18.0 Å². The number of hydrogen-bond acceptors (Lipinski definition) is 9. The Hall–Kier alpha value is -4.82. The standard InChI is InChI=1S/C31H32N8O4S2/c1-3-4-14-27-34-29(44-2)28(30(40)39-21-33-36-37-39)38(27)20-23-15-17-24(18-16-23)25-12-8-9-13-26(25)45(42,43)35-31(41)32-19-22-10-6-5-7-11-22/h5-13,15-18,21H,3-4,14,19-20H2,1-2H3,(H2,32,35,41). The minimum atomic E-state index is -4.19. The molecule has 45 heavy (non-hydrogen) atoms. The maximum absolute atomic E-state index is 13.4. The second-order valence-electron chi connectivity index (χ2n) is 10.1. The van der Waals surface area contributed by atoms with Gasteiger partial charge in [0.2, 0.25) is 0 Å². The second-order valence-corrected chi connectivity index (χ2v) is 12.5. The fourth-order valence-corrected chi connectivity index (χ4v) is 6.53. The van der Waals surface area contributed by atoms with Gasteiger partial charge in [-0.3, -0.25) is 4.79 Å². The third-order valence-electron chi connectivity index (χ3n) is 7.03. The third-order valence-corrected chi connectivity index (χ3v) is 9.09. The molecule has 3 aromatic carbocycles. The molecule has 0 bridgehead atoms. The predicted molar refractivity (Wildman–Crippen MR) is 170 cm³/mol. The van der Waals surface area contributed by atoms with Crippen molar-refractivity contribution in [3.05, 3.63) is 108 Å². The maximum atomic E-state index is 13.4. The third kappa shape index (κ3) is 7.46. The summed E-state index contributed by atoms with van der Waals surface area (Å²) in [6.45, 7) is 2.64. The minimum absolute atomic E-state index is 0.0250. The summed E-state index contributed by atoms with van der Waals surface area (Å²) in [6, 6.07) is 22.3. The number of aromatic nitrogens is 6. The number of urea groups is 1. The van der Waals surface area contributed by atoms with Gasteiger partial charge in [0, 0.05) is 25.1 Å². The van der Waals surface area contributed by atoms with E-state index in [-0.39, 0.29) is 17.3 Å². The SMILES string of the molecule is CCCCc1nc(SC)c(C(=O)n2cnnn2)n1Cc1ccc(-c2ccccc2S(=O)(=O)NC(=O)NCc2ccccc2)cc1. The number of hydrogen-bond donors (Lipinski definition) is 2. The van der Waals surface area contributed by atoms with E-state index in [1.807, 2.05) is 65.4 Å². The van der Waals surface area contributed by atoms with Crippen LogP contribution in [0.5, 0.6) is 0 Å². The van der Waals surface area contributed by atoms with Crippen LogP contribution < -0.4 is 10.0 Å². The molecule has 0 radical (unpaired) electrons. The molecule has 14 heteroatoms. The molecule has 2 amide bonds. The van der Waals surface area contributed by atoms with Crippen molar-refractivity contribution in [1.82, 2.24) is 39.8 Å². The highest BCUT2D eigenvalue weighted by molar-refractivity contribution is 7.98. The quantitative estimate of drug-likeness (QED) is 0.147. The zero-order valence-electron chi connectivity index (χ0n) is 24.8. The first kappa shape index (κ1) is 31.6. The average molecular weight is 645 g/mol. The Labute approximate surface area is 265 Å². The molecular weight excluding hydrogens is 613 g/mol. The van der Waals surface area contributed by atoms with Crippen LogP contribution in [0.25, 0.3) is 11.1 Å². The smallest absolute Gasteiger partial charge is 0.328 e. The van der Waals surface area contributed by atoms with Crippen molar-refractivity contribution in [2.75, 3.05) is 6.26 Å². The zero-order valence-corrected chi connectivity index (χ0v) is 26.4. The van der Waals surface area contributed by atoms with Gasteiger partial charge in [0.25, 0.3) is 10.0 Å². The van der Waals surface area contributed by atoms with Crippen LogP contribution in [0.2, 0.25) is 0 Å². The number of benzene rings is 3. The van der Waals surface area contributed by atoms with Crippen molar-refractivity contribution in [3.63, 3.8) is 0 Å². The van der Waals surface area contributed by atoms with Crippen LogP contribution in [0.3, 0.4) is 0 Å². The molecule has 0 aliphatic carbocycles. The van der Waals surface area contributed by atoms with Gasteiger partial charge in [-0.2, -0.15) is 4.68 Å². The lowest BCUT2D eigenvalue weighted by molar-refractivity contribution is 0.0930. The van der Waals surface area contributed by atoms with Crippen molar-refractivity contribution in [2.45, 2.75) is 49.2 Å². The summed E-state index contributed by atoms with van der Waals surface area (Å²) in [4.78, 5) is 30.6. The number of aryl methyl sites for hydroxylation is 1. The molecule has 5 aromatic rings. The molecule has 0 spiro atoms. The van der Waals surface area contributed by atoms with Crippen molar-refractivity contribution in [3.8, 4) is 11.1 Å². The Balaban J connectivity index is 1.39. The van der Waals surface area contributed by atoms with Crippen molar-refractivity contribution < 1.29 is 18.0 Å². The summed E-state index contributed by atoms with van der Waals surface area (Å²) in [7, 11) is -4.19. The lowest BCUT2D eigenvalue weighted by Gasteiger charge is -2.14. The molecule has 232 valence electrons. The highest BCUT2D eigenvalue weighted by Gasteiger charge is 2.25. The van der Waals surface area contributed by atoms with Gasteiger partial charge < -0.3 is 9.88 Å². The number of imidazole rings is 1. The van der Waals surface area contributed by atoms with Gasteiger partial charge in [-0.05, 0) is 45.9 Å². The Morgan fingerprint density at radius 1 is 0.933 bits per heavy atom. The van der Waals surface area contributed by atoms with E-state index >= 15 is 0 Å². The minimum Gasteiger partial charge on any atom is -0.333 e. The fraction of sp³-hybridized carbons (Fsp3) is 0.226. The van der Waals surface area contributed by atoms with Gasteiger partial charge in [0.1, 0.15) is 22.9 Å². The Morgan fingerprint density at radius 2 is 1.67 bits per heavy atom. The number of rotatable bonds is 12. The molecule has 2 aromatic heterocycles. The summed E-state index contributed by atoms with van der Waals surface area (Å²) in [5.74, 6) is 0.408. The molecule has 0 aliphatic rings. The molecule has 0 saturated carbocycles. The Kier molecular flexibility index (Phi) is 10.0. The first-order chi connectivity index (χ1) is 21.8. The Morgan fingerprint density at radius 3 is 2.36 bits per heavy atom. The molecule has 0 fully saturated rings. The first-order valence-corrected chi connectivity index (χ1v) is 17.0. The molecule has 0 unspecified atom stereocenters. The highest BCUT2D eigenvalue weighted by Crippen LogP contribution is 2.29. The number of nitrogens with zero attached hydrogens (tertiary/aromatic N) is 6. The average Bonchev–Trinajstić information content (AvgIpc) is 3.72. The zero-order chi connectivity index (χ0) is 31.8. The number of amides is 2. The topological polar surface area (TPSA) is 154 Å². The molecule has 2 heterocycles. The summed E-state index contributed by atoms with van der Waals surface area (Å²) >= 11 is 1.38. The van der Waals surface area contributed by atoms with E-state index in [4.69, 9.17) is 4.98 Å². The summed E-state index contributed by atoms with van der Waals surface area (Å²) < 4.78 is 31.7. The Bertz CT molecular complexity index is 1870. The lowest BCUT2D eigenvalue weighted by atomic mass is 10.0. The van der Waals surface area contributed by atoms with E-state index in [1.165, 1.54) is 24.2 Å². The van der Waals surface area contributed by atoms with Gasteiger partial charge in [0.15, 0.2) is 0 Å². The van der Waals surface area contributed by atoms with Crippen molar-refractivity contribution in [1.29, 1.82) is 0 Å². The van der Waals surface area contributed by atoms with Crippen LogP contribution in [0.15, 0.2) is 95.1 Å². The van der Waals surface area contributed by atoms with Gasteiger partial charge in [-0.25, -0.2) is 22.9 Å².